The van der Waals surface area contributed by atoms with Gasteiger partial charge in [0.1, 0.15) is 5.82 Å². The van der Waals surface area contributed by atoms with E-state index < -0.39 is 4.92 Å². The van der Waals surface area contributed by atoms with Gasteiger partial charge in [-0.3, -0.25) is 14.9 Å². The number of hydrogen-bond donors (Lipinski definition) is 1. The quantitative estimate of drug-likeness (QED) is 0.506. The lowest BCUT2D eigenvalue weighted by Crippen LogP contribution is -2.12. The molecular weight excluding hydrogens is 234 g/mol. The molecule has 0 radical (unpaired) electrons. The van der Waals surface area contributed by atoms with Gasteiger partial charge in [0, 0.05) is 18.6 Å². The van der Waals surface area contributed by atoms with E-state index in [1.807, 2.05) is 0 Å². The molecular formula is C12H11N3O3. The molecule has 92 valence electrons. The molecule has 1 heterocycles. The van der Waals surface area contributed by atoms with E-state index in [1.54, 1.807) is 6.08 Å². The second-order valence-electron chi connectivity index (χ2n) is 3.80. The third-order valence-corrected chi connectivity index (χ3v) is 2.53. The number of allylic oxidation sites excluding steroid dienone is 1. The molecule has 6 nitrogen and oxygen atoms in total. The Morgan fingerprint density at radius 3 is 2.94 bits per heavy atom. The number of aryl methyl sites for hydroxylation is 1. The second-order valence-corrected chi connectivity index (χ2v) is 3.80. The van der Waals surface area contributed by atoms with Gasteiger partial charge < -0.3 is 4.98 Å². The maximum atomic E-state index is 11.8. The van der Waals surface area contributed by atoms with Crippen molar-refractivity contribution < 1.29 is 4.92 Å². The van der Waals surface area contributed by atoms with Crippen molar-refractivity contribution in [2.75, 3.05) is 0 Å². The molecule has 0 aliphatic rings. The Morgan fingerprint density at radius 1 is 1.50 bits per heavy atom. The Labute approximate surface area is 102 Å². The van der Waals surface area contributed by atoms with Crippen molar-refractivity contribution in [3.05, 3.63) is 57.1 Å². The monoisotopic (exact) mass is 245 g/mol. The predicted molar refractivity (Wildman–Crippen MR) is 67.5 cm³/mol. The van der Waals surface area contributed by atoms with Crippen LogP contribution in [-0.2, 0) is 6.42 Å². The molecule has 0 aliphatic heterocycles. The minimum atomic E-state index is -0.537. The molecule has 0 aliphatic carbocycles. The van der Waals surface area contributed by atoms with Gasteiger partial charge in [-0.25, -0.2) is 4.98 Å². The van der Waals surface area contributed by atoms with E-state index in [9.17, 15) is 14.9 Å². The number of hydrogen-bond acceptors (Lipinski definition) is 4. The summed E-state index contributed by atoms with van der Waals surface area (Å²) >= 11 is 0. The van der Waals surface area contributed by atoms with Crippen molar-refractivity contribution in [1.82, 2.24) is 9.97 Å². The van der Waals surface area contributed by atoms with Gasteiger partial charge in [0.15, 0.2) is 0 Å². The van der Waals surface area contributed by atoms with Gasteiger partial charge >= 0.3 is 0 Å². The fraction of sp³-hybridized carbons (Fsp3) is 0.167. The summed E-state index contributed by atoms with van der Waals surface area (Å²) in [6.45, 7) is 3.60. The maximum Gasteiger partial charge on any atom is 0.270 e. The molecule has 1 aromatic carbocycles. The van der Waals surface area contributed by atoms with E-state index >= 15 is 0 Å². The van der Waals surface area contributed by atoms with Gasteiger partial charge in [0.2, 0.25) is 0 Å². The van der Waals surface area contributed by atoms with Crippen LogP contribution in [0.5, 0.6) is 0 Å². The zero-order valence-electron chi connectivity index (χ0n) is 9.55. The van der Waals surface area contributed by atoms with Crippen molar-refractivity contribution in [2.45, 2.75) is 12.8 Å². The van der Waals surface area contributed by atoms with E-state index in [-0.39, 0.29) is 16.6 Å². The van der Waals surface area contributed by atoms with Crippen LogP contribution in [-0.4, -0.2) is 14.9 Å². The van der Waals surface area contributed by atoms with Crippen LogP contribution in [0.25, 0.3) is 10.9 Å². The predicted octanol–water partition coefficient (Wildman–Crippen LogP) is 1.95. The smallest absolute Gasteiger partial charge is 0.270 e. The lowest BCUT2D eigenvalue weighted by atomic mass is 10.2. The minimum absolute atomic E-state index is 0.117. The number of nitrogens with one attached hydrogen (secondary N) is 1. The van der Waals surface area contributed by atoms with Crippen molar-refractivity contribution in [3.8, 4) is 0 Å². The molecule has 0 amide bonds. The molecule has 2 rings (SSSR count). The number of rotatable bonds is 4. The number of benzene rings is 1. The molecule has 0 saturated heterocycles. The van der Waals surface area contributed by atoms with E-state index in [0.29, 0.717) is 24.2 Å². The number of fused-ring (bicyclic) bond motifs is 1. The Bertz CT molecular complexity index is 676. The van der Waals surface area contributed by atoms with Gasteiger partial charge in [-0.1, -0.05) is 6.08 Å². The van der Waals surface area contributed by atoms with Gasteiger partial charge in [0.25, 0.3) is 11.2 Å². The largest absolute Gasteiger partial charge is 0.310 e. The zero-order valence-corrected chi connectivity index (χ0v) is 9.55. The highest BCUT2D eigenvalue weighted by atomic mass is 16.6. The van der Waals surface area contributed by atoms with Crippen molar-refractivity contribution in [1.29, 1.82) is 0 Å². The van der Waals surface area contributed by atoms with Gasteiger partial charge in [-0.2, -0.15) is 0 Å². The molecule has 2 aromatic rings. The number of H-pyrrole nitrogens is 1. The second kappa shape index (κ2) is 4.79. The van der Waals surface area contributed by atoms with Gasteiger partial charge in [-0.05, 0) is 12.5 Å². The first-order valence-electron chi connectivity index (χ1n) is 5.40. The number of non-ortho nitro benzene ring substituents is 1. The topological polar surface area (TPSA) is 88.9 Å². The number of nitrogens with zero attached hydrogens (tertiary/aromatic N) is 2. The molecule has 1 aromatic heterocycles. The normalized spacial score (nSPS) is 10.4. The maximum absolute atomic E-state index is 11.8. The first-order valence-corrected chi connectivity index (χ1v) is 5.40. The first kappa shape index (κ1) is 12.0. The summed E-state index contributed by atoms with van der Waals surface area (Å²) in [5.41, 5.74) is -0.0141. The number of nitro benzene ring substituents is 1. The standard InChI is InChI=1S/C12H11N3O3/c1-2-3-4-11-13-10-6-5-8(15(17)18)7-9(10)12(16)14-11/h2,5-7H,1,3-4H2,(H,13,14,16). The third-order valence-electron chi connectivity index (χ3n) is 2.53. The summed E-state index contributed by atoms with van der Waals surface area (Å²) in [6.07, 6.45) is 3.03. The summed E-state index contributed by atoms with van der Waals surface area (Å²) < 4.78 is 0. The molecule has 0 saturated carbocycles. The highest BCUT2D eigenvalue weighted by Gasteiger charge is 2.10. The van der Waals surface area contributed by atoms with Crippen LogP contribution in [0.3, 0.4) is 0 Å². The van der Waals surface area contributed by atoms with E-state index in [1.165, 1.54) is 18.2 Å². The summed E-state index contributed by atoms with van der Waals surface area (Å²) in [5, 5.41) is 10.9. The highest BCUT2D eigenvalue weighted by molar-refractivity contribution is 5.79. The van der Waals surface area contributed by atoms with Crippen LogP contribution in [0.15, 0.2) is 35.6 Å². The average molecular weight is 245 g/mol. The fourth-order valence-electron chi connectivity index (χ4n) is 1.65. The van der Waals surface area contributed by atoms with Gasteiger partial charge in [0.05, 0.1) is 15.8 Å². The van der Waals surface area contributed by atoms with Gasteiger partial charge in [-0.15, -0.1) is 6.58 Å². The Morgan fingerprint density at radius 2 is 2.28 bits per heavy atom. The SMILES string of the molecule is C=CCCc1nc2ccc([N+](=O)[O-])cc2c(=O)[nH]1. The summed E-state index contributed by atoms with van der Waals surface area (Å²) in [5.74, 6) is 0.557. The van der Waals surface area contributed by atoms with E-state index in [0.717, 1.165) is 0 Å². The summed E-state index contributed by atoms with van der Waals surface area (Å²) in [4.78, 5) is 28.7. The van der Waals surface area contributed by atoms with Crippen molar-refractivity contribution in [3.63, 3.8) is 0 Å². The Hall–Kier alpha value is -2.50. The minimum Gasteiger partial charge on any atom is -0.310 e. The lowest BCUT2D eigenvalue weighted by Gasteiger charge is -2.01. The van der Waals surface area contributed by atoms with Crippen molar-refractivity contribution in [2.24, 2.45) is 0 Å². The van der Waals surface area contributed by atoms with Crippen molar-refractivity contribution >= 4 is 16.6 Å². The van der Waals surface area contributed by atoms with Crippen LogP contribution in [0.2, 0.25) is 0 Å². The molecule has 1 N–H and O–H groups in total. The molecule has 0 unspecified atom stereocenters. The van der Waals surface area contributed by atoms with Crippen LogP contribution < -0.4 is 5.56 Å². The molecule has 18 heavy (non-hydrogen) atoms. The van der Waals surface area contributed by atoms with Crippen LogP contribution in [0.1, 0.15) is 12.2 Å². The van der Waals surface area contributed by atoms with Crippen LogP contribution in [0.4, 0.5) is 5.69 Å². The van der Waals surface area contributed by atoms with E-state index in [4.69, 9.17) is 0 Å². The third kappa shape index (κ3) is 2.27. The molecule has 6 heteroatoms. The lowest BCUT2D eigenvalue weighted by molar-refractivity contribution is -0.384. The zero-order chi connectivity index (χ0) is 13.1. The Balaban J connectivity index is 2.55. The highest BCUT2D eigenvalue weighted by Crippen LogP contribution is 2.16. The molecule has 0 bridgehead atoms. The molecule has 0 spiro atoms. The van der Waals surface area contributed by atoms with Crippen LogP contribution in [0, 0.1) is 10.1 Å². The molecule has 0 fully saturated rings. The van der Waals surface area contributed by atoms with Crippen LogP contribution >= 0.6 is 0 Å². The first-order chi connectivity index (χ1) is 8.61. The van der Waals surface area contributed by atoms with E-state index in [2.05, 4.69) is 16.5 Å². The number of aromatic nitrogens is 2. The number of aromatic amines is 1. The summed E-state index contributed by atoms with van der Waals surface area (Å²) in [6, 6.07) is 4.06. The molecule has 0 atom stereocenters. The Kier molecular flexibility index (Phi) is 3.18. The average Bonchev–Trinajstić information content (AvgIpc) is 2.36. The number of nitro groups is 1. The summed E-state index contributed by atoms with van der Waals surface area (Å²) in [7, 11) is 0. The fourth-order valence-corrected chi connectivity index (χ4v) is 1.65.